The topological polar surface area (TPSA) is 55.1 Å². The lowest BCUT2D eigenvalue weighted by atomic mass is 9.82. The molecular formula is C16H21ClN2OS. The van der Waals surface area contributed by atoms with Crippen molar-refractivity contribution in [2.45, 2.75) is 27.7 Å². The van der Waals surface area contributed by atoms with Crippen LogP contribution in [0.3, 0.4) is 0 Å². The molecule has 1 heterocycles. The van der Waals surface area contributed by atoms with Crippen molar-refractivity contribution >= 4 is 44.6 Å². The van der Waals surface area contributed by atoms with Gasteiger partial charge in [-0.1, -0.05) is 45.4 Å². The van der Waals surface area contributed by atoms with Crippen molar-refractivity contribution in [3.8, 4) is 0 Å². The molecule has 2 rings (SSSR count). The normalized spacial score (nSPS) is 13.4. The molecule has 0 aliphatic carbocycles. The molecule has 114 valence electrons. The SMILES string of the molecule is CC(CNC(=O)c1sc2cccc(Cl)c2c1N)C(C)(C)C. The highest BCUT2D eigenvalue weighted by Crippen LogP contribution is 2.38. The summed E-state index contributed by atoms with van der Waals surface area (Å²) in [5, 5.41) is 4.34. The zero-order valence-electron chi connectivity index (χ0n) is 12.8. The van der Waals surface area contributed by atoms with Gasteiger partial charge in [0.25, 0.3) is 5.91 Å². The molecular weight excluding hydrogens is 304 g/mol. The first-order valence-electron chi connectivity index (χ1n) is 6.96. The number of halogens is 1. The van der Waals surface area contributed by atoms with Gasteiger partial charge in [0, 0.05) is 16.6 Å². The third-order valence-electron chi connectivity index (χ3n) is 3.95. The molecule has 21 heavy (non-hydrogen) atoms. The molecule has 0 radical (unpaired) electrons. The average Bonchev–Trinajstić information content (AvgIpc) is 2.73. The summed E-state index contributed by atoms with van der Waals surface area (Å²) >= 11 is 7.55. The van der Waals surface area contributed by atoms with Crippen LogP contribution in [0.2, 0.25) is 5.02 Å². The number of benzene rings is 1. The summed E-state index contributed by atoms with van der Waals surface area (Å²) in [6.07, 6.45) is 0. The van der Waals surface area contributed by atoms with Gasteiger partial charge in [0.05, 0.1) is 10.7 Å². The van der Waals surface area contributed by atoms with E-state index in [1.165, 1.54) is 11.3 Å². The Morgan fingerprint density at radius 2 is 2.10 bits per heavy atom. The van der Waals surface area contributed by atoms with Gasteiger partial charge in [-0.25, -0.2) is 0 Å². The predicted molar refractivity (Wildman–Crippen MR) is 92.2 cm³/mol. The van der Waals surface area contributed by atoms with E-state index in [1.54, 1.807) is 6.07 Å². The van der Waals surface area contributed by atoms with E-state index in [-0.39, 0.29) is 11.3 Å². The maximum absolute atomic E-state index is 12.4. The highest BCUT2D eigenvalue weighted by molar-refractivity contribution is 7.21. The maximum Gasteiger partial charge on any atom is 0.263 e. The molecule has 1 amide bonds. The van der Waals surface area contributed by atoms with Crippen LogP contribution >= 0.6 is 22.9 Å². The Kier molecular flexibility index (Phi) is 4.49. The number of rotatable bonds is 3. The van der Waals surface area contributed by atoms with Gasteiger partial charge in [-0.3, -0.25) is 4.79 Å². The second-order valence-electron chi connectivity index (χ2n) is 6.43. The maximum atomic E-state index is 12.4. The number of nitrogens with two attached hydrogens (primary N) is 1. The van der Waals surface area contributed by atoms with E-state index in [2.05, 4.69) is 33.0 Å². The molecule has 1 aromatic carbocycles. The molecule has 0 aliphatic heterocycles. The van der Waals surface area contributed by atoms with Crippen LogP contribution in [-0.4, -0.2) is 12.5 Å². The monoisotopic (exact) mass is 324 g/mol. The van der Waals surface area contributed by atoms with Gasteiger partial charge in [0.1, 0.15) is 4.88 Å². The van der Waals surface area contributed by atoms with Crippen molar-refractivity contribution in [2.75, 3.05) is 12.3 Å². The van der Waals surface area contributed by atoms with Crippen molar-refractivity contribution in [3.05, 3.63) is 28.1 Å². The Hall–Kier alpha value is -1.26. The van der Waals surface area contributed by atoms with Gasteiger partial charge in [-0.15, -0.1) is 11.3 Å². The molecule has 0 spiro atoms. The lowest BCUT2D eigenvalue weighted by molar-refractivity contribution is 0.0942. The first-order chi connectivity index (χ1) is 9.71. The molecule has 3 N–H and O–H groups in total. The summed E-state index contributed by atoms with van der Waals surface area (Å²) in [5.74, 6) is 0.251. The fourth-order valence-electron chi connectivity index (χ4n) is 1.93. The van der Waals surface area contributed by atoms with E-state index in [9.17, 15) is 4.79 Å². The number of thiophene rings is 1. The van der Waals surface area contributed by atoms with E-state index >= 15 is 0 Å². The Balaban J connectivity index is 2.21. The molecule has 0 fully saturated rings. The first-order valence-corrected chi connectivity index (χ1v) is 8.16. The van der Waals surface area contributed by atoms with E-state index in [4.69, 9.17) is 17.3 Å². The van der Waals surface area contributed by atoms with Crippen LogP contribution in [-0.2, 0) is 0 Å². The molecule has 0 aliphatic rings. The predicted octanol–water partition coefficient (Wildman–Crippen LogP) is 4.55. The number of hydrogen-bond acceptors (Lipinski definition) is 3. The minimum Gasteiger partial charge on any atom is -0.397 e. The lowest BCUT2D eigenvalue weighted by Crippen LogP contribution is -2.33. The van der Waals surface area contributed by atoms with Gasteiger partial charge in [0.15, 0.2) is 0 Å². The smallest absolute Gasteiger partial charge is 0.263 e. The van der Waals surface area contributed by atoms with Crippen LogP contribution in [0.25, 0.3) is 10.1 Å². The van der Waals surface area contributed by atoms with E-state index in [1.807, 2.05) is 12.1 Å². The second-order valence-corrected chi connectivity index (χ2v) is 7.89. The Bertz CT molecular complexity index is 673. The van der Waals surface area contributed by atoms with Crippen molar-refractivity contribution in [3.63, 3.8) is 0 Å². The third kappa shape index (κ3) is 3.33. The van der Waals surface area contributed by atoms with Gasteiger partial charge in [-0.05, 0) is 23.5 Å². The molecule has 0 saturated heterocycles. The quantitative estimate of drug-likeness (QED) is 0.870. The van der Waals surface area contributed by atoms with Crippen LogP contribution in [0.15, 0.2) is 18.2 Å². The highest BCUT2D eigenvalue weighted by Gasteiger charge is 2.22. The second kappa shape index (κ2) is 5.85. The number of anilines is 1. The summed E-state index contributed by atoms with van der Waals surface area (Å²) in [5.41, 5.74) is 6.73. The molecule has 1 atom stereocenters. The molecule has 3 nitrogen and oxygen atoms in total. The summed E-state index contributed by atoms with van der Waals surface area (Å²) in [6.45, 7) is 9.25. The number of carbonyl (C=O) groups is 1. The number of nitrogen functional groups attached to an aromatic ring is 1. The zero-order valence-corrected chi connectivity index (χ0v) is 14.4. The van der Waals surface area contributed by atoms with Gasteiger partial charge < -0.3 is 11.1 Å². The van der Waals surface area contributed by atoms with Crippen molar-refractivity contribution in [2.24, 2.45) is 11.3 Å². The average molecular weight is 325 g/mol. The molecule has 5 heteroatoms. The summed E-state index contributed by atoms with van der Waals surface area (Å²) in [4.78, 5) is 12.9. The van der Waals surface area contributed by atoms with E-state index < -0.39 is 0 Å². The van der Waals surface area contributed by atoms with E-state index in [0.717, 1.165) is 10.1 Å². The largest absolute Gasteiger partial charge is 0.397 e. The van der Waals surface area contributed by atoms with Gasteiger partial charge >= 0.3 is 0 Å². The minimum atomic E-state index is -0.124. The van der Waals surface area contributed by atoms with Gasteiger partial charge in [0.2, 0.25) is 0 Å². The summed E-state index contributed by atoms with van der Waals surface area (Å²) < 4.78 is 0.939. The van der Waals surface area contributed by atoms with Crippen LogP contribution < -0.4 is 11.1 Å². The standard InChI is InChI=1S/C16H21ClN2OS/c1-9(16(2,3)4)8-19-15(20)14-13(18)12-10(17)6-5-7-11(12)21-14/h5-7,9H,8,18H2,1-4H3,(H,19,20). The zero-order chi connectivity index (χ0) is 15.8. The van der Waals surface area contributed by atoms with Crippen LogP contribution in [0.5, 0.6) is 0 Å². The van der Waals surface area contributed by atoms with Gasteiger partial charge in [-0.2, -0.15) is 0 Å². The molecule has 0 saturated carbocycles. The van der Waals surface area contributed by atoms with Crippen LogP contribution in [0.4, 0.5) is 5.69 Å². The van der Waals surface area contributed by atoms with Crippen LogP contribution in [0, 0.1) is 11.3 Å². The number of hydrogen-bond donors (Lipinski definition) is 2. The molecule has 2 aromatic rings. The Morgan fingerprint density at radius 3 is 2.67 bits per heavy atom. The fraction of sp³-hybridized carbons (Fsp3) is 0.438. The first kappa shape index (κ1) is 16.1. The number of carbonyl (C=O) groups excluding carboxylic acids is 1. The van der Waals surface area contributed by atoms with Crippen molar-refractivity contribution in [1.82, 2.24) is 5.32 Å². The fourth-order valence-corrected chi connectivity index (χ4v) is 3.33. The molecule has 1 unspecified atom stereocenters. The molecule has 1 aromatic heterocycles. The molecule has 0 bridgehead atoms. The van der Waals surface area contributed by atoms with Crippen molar-refractivity contribution < 1.29 is 4.79 Å². The highest BCUT2D eigenvalue weighted by atomic mass is 35.5. The van der Waals surface area contributed by atoms with E-state index in [0.29, 0.717) is 28.0 Å². The summed E-state index contributed by atoms with van der Waals surface area (Å²) in [6, 6.07) is 5.58. The van der Waals surface area contributed by atoms with Crippen molar-refractivity contribution in [1.29, 1.82) is 0 Å². The summed E-state index contributed by atoms with van der Waals surface area (Å²) in [7, 11) is 0. The number of nitrogens with one attached hydrogen (secondary N) is 1. The lowest BCUT2D eigenvalue weighted by Gasteiger charge is -2.27. The minimum absolute atomic E-state index is 0.124. The van der Waals surface area contributed by atoms with Crippen LogP contribution in [0.1, 0.15) is 37.4 Å². The number of amides is 1. The third-order valence-corrected chi connectivity index (χ3v) is 5.44. The Morgan fingerprint density at radius 1 is 1.43 bits per heavy atom. The number of fused-ring (bicyclic) bond motifs is 1. The Labute approximate surface area is 134 Å².